The molecule has 2 rings (SSSR count). The Hall–Kier alpha value is -1.06. The molecule has 2 aliphatic carbocycles. The Morgan fingerprint density at radius 1 is 1.29 bits per heavy atom. The predicted molar refractivity (Wildman–Crippen MR) is 50.0 cm³/mol. The van der Waals surface area contributed by atoms with Gasteiger partial charge in [0.05, 0.1) is 0 Å². The quantitative estimate of drug-likeness (QED) is 0.667. The maximum Gasteiger partial charge on any atom is 0.404 e. The van der Waals surface area contributed by atoms with Crippen LogP contribution in [0.3, 0.4) is 0 Å². The molecule has 2 bridgehead atoms. The lowest BCUT2D eigenvalue weighted by Gasteiger charge is -2.37. The maximum absolute atomic E-state index is 11.7. The molecule has 1 amide bonds. The summed E-state index contributed by atoms with van der Waals surface area (Å²) in [5.41, 5.74) is 0. The smallest absolute Gasteiger partial charge is 0.404 e. The summed E-state index contributed by atoms with van der Waals surface area (Å²) < 4.78 is 0. The second-order valence-electron chi connectivity index (χ2n) is 4.34. The Bertz CT molecular complexity index is 248. The highest BCUT2D eigenvalue weighted by Gasteiger charge is 2.39. The highest BCUT2D eigenvalue weighted by Crippen LogP contribution is 2.36. The van der Waals surface area contributed by atoms with Gasteiger partial charge in [0.2, 0.25) is 0 Å². The molecule has 2 N–H and O–H groups in total. The summed E-state index contributed by atoms with van der Waals surface area (Å²) in [5.74, 6) is 0.624. The van der Waals surface area contributed by atoms with Crippen molar-refractivity contribution in [3.63, 3.8) is 0 Å². The SMILES string of the molecule is O=C(O)N[C@H]1C[C@H]2CCC[C@@H](C1)C2=O. The van der Waals surface area contributed by atoms with E-state index in [0.717, 1.165) is 19.3 Å². The van der Waals surface area contributed by atoms with Crippen molar-refractivity contribution in [3.05, 3.63) is 0 Å². The molecule has 4 nitrogen and oxygen atoms in total. The summed E-state index contributed by atoms with van der Waals surface area (Å²) >= 11 is 0. The van der Waals surface area contributed by atoms with E-state index in [1.165, 1.54) is 0 Å². The minimum atomic E-state index is -0.970. The highest BCUT2D eigenvalue weighted by molar-refractivity contribution is 5.85. The second-order valence-corrected chi connectivity index (χ2v) is 4.34. The fourth-order valence-electron chi connectivity index (χ4n) is 2.77. The second kappa shape index (κ2) is 3.59. The fraction of sp³-hybridized carbons (Fsp3) is 0.800. The topological polar surface area (TPSA) is 66.4 Å². The number of hydrogen-bond acceptors (Lipinski definition) is 2. The zero-order valence-corrected chi connectivity index (χ0v) is 8.03. The van der Waals surface area contributed by atoms with Gasteiger partial charge in [-0.2, -0.15) is 0 Å². The number of ketones is 1. The number of carbonyl (C=O) groups is 2. The normalized spacial score (nSPS) is 36.6. The summed E-state index contributed by atoms with van der Waals surface area (Å²) in [7, 11) is 0. The molecule has 0 saturated heterocycles. The standard InChI is InChI=1S/C10H15NO3/c12-9-6-2-1-3-7(9)5-8(4-6)11-10(13)14/h6-8,11H,1-5H2,(H,13,14)/t6-,7+,8+. The van der Waals surface area contributed by atoms with Crippen molar-refractivity contribution in [1.82, 2.24) is 5.32 Å². The molecule has 0 unspecified atom stereocenters. The molecule has 0 radical (unpaired) electrons. The van der Waals surface area contributed by atoms with Crippen molar-refractivity contribution >= 4 is 11.9 Å². The van der Waals surface area contributed by atoms with Crippen LogP contribution in [0, 0.1) is 11.8 Å². The van der Waals surface area contributed by atoms with Crippen molar-refractivity contribution in [2.75, 3.05) is 0 Å². The van der Waals surface area contributed by atoms with Crippen LogP contribution in [0.2, 0.25) is 0 Å². The molecule has 0 heterocycles. The first-order valence-electron chi connectivity index (χ1n) is 5.20. The number of nitrogens with one attached hydrogen (secondary N) is 1. The third-order valence-corrected chi connectivity index (χ3v) is 3.38. The number of Topliss-reactive ketones (excluding diaryl/α,β-unsaturated/α-hetero) is 1. The van der Waals surface area contributed by atoms with Crippen LogP contribution >= 0.6 is 0 Å². The molecule has 0 spiro atoms. The lowest BCUT2D eigenvalue weighted by molar-refractivity contribution is -0.132. The zero-order valence-electron chi connectivity index (χ0n) is 8.03. The summed E-state index contributed by atoms with van der Waals surface area (Å²) in [6, 6.07) is 0.000463. The van der Waals surface area contributed by atoms with Gasteiger partial charge < -0.3 is 10.4 Å². The third kappa shape index (κ3) is 1.74. The van der Waals surface area contributed by atoms with Gasteiger partial charge in [0.25, 0.3) is 0 Å². The van der Waals surface area contributed by atoms with Gasteiger partial charge >= 0.3 is 6.09 Å². The number of hydrogen-bond donors (Lipinski definition) is 2. The molecule has 2 fully saturated rings. The number of carboxylic acid groups (broad SMARTS) is 1. The van der Waals surface area contributed by atoms with Gasteiger partial charge in [-0.25, -0.2) is 4.79 Å². The molecule has 0 aromatic heterocycles. The number of fused-ring (bicyclic) bond motifs is 2. The first-order valence-corrected chi connectivity index (χ1v) is 5.20. The Balaban J connectivity index is 2.00. The van der Waals surface area contributed by atoms with Crippen LogP contribution in [0.5, 0.6) is 0 Å². The van der Waals surface area contributed by atoms with Gasteiger partial charge in [0.1, 0.15) is 5.78 Å². The van der Waals surface area contributed by atoms with E-state index in [0.29, 0.717) is 18.6 Å². The van der Waals surface area contributed by atoms with Crippen LogP contribution in [-0.4, -0.2) is 23.0 Å². The van der Waals surface area contributed by atoms with Crippen molar-refractivity contribution in [2.24, 2.45) is 11.8 Å². The molecule has 14 heavy (non-hydrogen) atoms. The van der Waals surface area contributed by atoms with Crippen molar-refractivity contribution in [1.29, 1.82) is 0 Å². The predicted octanol–water partition coefficient (Wildman–Crippen LogP) is 1.40. The Labute approximate surface area is 82.7 Å². The number of rotatable bonds is 1. The highest BCUT2D eigenvalue weighted by atomic mass is 16.4. The molecule has 2 saturated carbocycles. The first kappa shape index (κ1) is 9.49. The largest absolute Gasteiger partial charge is 0.465 e. The minimum Gasteiger partial charge on any atom is -0.465 e. The van der Waals surface area contributed by atoms with Gasteiger partial charge in [-0.15, -0.1) is 0 Å². The van der Waals surface area contributed by atoms with E-state index in [-0.39, 0.29) is 17.9 Å². The molecule has 3 atom stereocenters. The number of amides is 1. The Morgan fingerprint density at radius 3 is 2.36 bits per heavy atom. The van der Waals surface area contributed by atoms with Crippen molar-refractivity contribution in [2.45, 2.75) is 38.1 Å². The van der Waals surface area contributed by atoms with Gasteiger partial charge in [-0.1, -0.05) is 6.42 Å². The summed E-state index contributed by atoms with van der Waals surface area (Å²) in [4.78, 5) is 22.1. The van der Waals surface area contributed by atoms with E-state index in [1.807, 2.05) is 0 Å². The molecular weight excluding hydrogens is 182 g/mol. The van der Waals surface area contributed by atoms with E-state index in [4.69, 9.17) is 5.11 Å². The van der Waals surface area contributed by atoms with Crippen LogP contribution in [0.1, 0.15) is 32.1 Å². The average Bonchev–Trinajstić information content (AvgIpc) is 2.05. The molecule has 0 aliphatic heterocycles. The summed E-state index contributed by atoms with van der Waals surface area (Å²) in [6.07, 6.45) is 3.48. The van der Waals surface area contributed by atoms with Crippen molar-refractivity contribution in [3.8, 4) is 0 Å². The lowest BCUT2D eigenvalue weighted by Crippen LogP contribution is -2.46. The van der Waals surface area contributed by atoms with Crippen LogP contribution in [-0.2, 0) is 4.79 Å². The molecular formula is C10H15NO3. The van der Waals surface area contributed by atoms with E-state index in [9.17, 15) is 9.59 Å². The molecule has 2 aliphatic rings. The maximum atomic E-state index is 11.7. The number of carbonyl (C=O) groups excluding carboxylic acids is 1. The van der Waals surface area contributed by atoms with Crippen molar-refractivity contribution < 1.29 is 14.7 Å². The van der Waals surface area contributed by atoms with Gasteiger partial charge in [0.15, 0.2) is 0 Å². The van der Waals surface area contributed by atoms with Crippen LogP contribution in [0.4, 0.5) is 4.79 Å². The van der Waals surface area contributed by atoms with Crippen LogP contribution in [0.25, 0.3) is 0 Å². The first-order chi connectivity index (χ1) is 6.66. The molecule has 0 aromatic carbocycles. The molecule has 0 aromatic rings. The van der Waals surface area contributed by atoms with E-state index in [1.54, 1.807) is 0 Å². The van der Waals surface area contributed by atoms with Gasteiger partial charge in [-0.05, 0) is 25.7 Å². The summed E-state index contributed by atoms with van der Waals surface area (Å²) in [6.45, 7) is 0. The molecule has 78 valence electrons. The summed E-state index contributed by atoms with van der Waals surface area (Å²) in [5, 5.41) is 11.1. The Kier molecular flexibility index (Phi) is 2.44. The van der Waals surface area contributed by atoms with E-state index in [2.05, 4.69) is 5.32 Å². The Morgan fingerprint density at radius 2 is 1.86 bits per heavy atom. The minimum absolute atomic E-state index is 0.000463. The van der Waals surface area contributed by atoms with Gasteiger partial charge in [0, 0.05) is 17.9 Å². The zero-order chi connectivity index (χ0) is 10.1. The third-order valence-electron chi connectivity index (χ3n) is 3.38. The fourth-order valence-corrected chi connectivity index (χ4v) is 2.77. The lowest BCUT2D eigenvalue weighted by atomic mass is 9.69. The van der Waals surface area contributed by atoms with E-state index < -0.39 is 6.09 Å². The van der Waals surface area contributed by atoms with Crippen LogP contribution in [0.15, 0.2) is 0 Å². The monoisotopic (exact) mass is 197 g/mol. The average molecular weight is 197 g/mol. The van der Waals surface area contributed by atoms with E-state index >= 15 is 0 Å². The van der Waals surface area contributed by atoms with Crippen LogP contribution < -0.4 is 5.32 Å². The molecule has 4 heteroatoms. The van der Waals surface area contributed by atoms with Gasteiger partial charge in [-0.3, -0.25) is 4.79 Å².